The first-order chi connectivity index (χ1) is 7.97. The monoisotopic (exact) mass is 243 g/mol. The van der Waals surface area contributed by atoms with Gasteiger partial charge in [-0.25, -0.2) is 4.79 Å². The lowest BCUT2D eigenvalue weighted by Crippen LogP contribution is -2.43. The Balaban J connectivity index is 2.28. The molecular weight excluding hydrogens is 222 g/mol. The Bertz CT molecular complexity index is 282. The molecule has 1 aliphatic rings. The summed E-state index contributed by atoms with van der Waals surface area (Å²) in [6, 6.07) is 0. The van der Waals surface area contributed by atoms with Gasteiger partial charge in [-0.1, -0.05) is 20.3 Å². The summed E-state index contributed by atoms with van der Waals surface area (Å²) in [5.41, 5.74) is 0.346. The molecule has 0 atom stereocenters. The van der Waals surface area contributed by atoms with Crippen molar-refractivity contribution in [3.8, 4) is 0 Å². The van der Waals surface area contributed by atoms with Gasteiger partial charge in [0, 0.05) is 13.1 Å². The number of likely N-dealkylation sites (tertiary alicyclic amines) is 1. The van der Waals surface area contributed by atoms with Crippen molar-refractivity contribution < 1.29 is 19.4 Å². The van der Waals surface area contributed by atoms with E-state index in [1.165, 1.54) is 0 Å². The smallest absolute Gasteiger partial charge is 0.329 e. The van der Waals surface area contributed by atoms with E-state index in [0.29, 0.717) is 5.41 Å². The van der Waals surface area contributed by atoms with Gasteiger partial charge in [0.1, 0.15) is 13.2 Å². The fraction of sp³-hybridized carbons (Fsp3) is 0.833. The average molecular weight is 243 g/mol. The molecule has 1 fully saturated rings. The number of piperidine rings is 1. The summed E-state index contributed by atoms with van der Waals surface area (Å²) in [4.78, 5) is 23.7. The van der Waals surface area contributed by atoms with E-state index in [0.717, 1.165) is 32.4 Å². The van der Waals surface area contributed by atoms with Crippen LogP contribution in [0.4, 0.5) is 0 Å². The number of nitrogens with zero attached hydrogens (tertiary/aromatic N) is 1. The first kappa shape index (κ1) is 14.0. The SMILES string of the molecule is CCC1(C)CCN(C(=O)COCC(=O)O)CC1. The van der Waals surface area contributed by atoms with Gasteiger partial charge in [0.15, 0.2) is 0 Å². The van der Waals surface area contributed by atoms with Crippen molar-refractivity contribution in [2.75, 3.05) is 26.3 Å². The predicted molar refractivity (Wildman–Crippen MR) is 62.7 cm³/mol. The van der Waals surface area contributed by atoms with Crippen molar-refractivity contribution in [2.24, 2.45) is 5.41 Å². The van der Waals surface area contributed by atoms with Crippen LogP contribution >= 0.6 is 0 Å². The Morgan fingerprint density at radius 1 is 1.29 bits per heavy atom. The van der Waals surface area contributed by atoms with Crippen molar-refractivity contribution in [1.29, 1.82) is 0 Å². The molecule has 1 N–H and O–H groups in total. The molecule has 1 aliphatic heterocycles. The van der Waals surface area contributed by atoms with Gasteiger partial charge in [-0.15, -0.1) is 0 Å². The highest BCUT2D eigenvalue weighted by atomic mass is 16.5. The molecule has 0 bridgehead atoms. The first-order valence-electron chi connectivity index (χ1n) is 6.04. The highest BCUT2D eigenvalue weighted by Gasteiger charge is 2.30. The number of hydrogen-bond donors (Lipinski definition) is 1. The zero-order valence-electron chi connectivity index (χ0n) is 10.6. The van der Waals surface area contributed by atoms with Gasteiger partial charge in [0.05, 0.1) is 0 Å². The summed E-state index contributed by atoms with van der Waals surface area (Å²) in [5, 5.41) is 8.39. The second-order valence-corrected chi connectivity index (χ2v) is 4.93. The third kappa shape index (κ3) is 4.34. The molecule has 1 rings (SSSR count). The van der Waals surface area contributed by atoms with Crippen LogP contribution in [0.3, 0.4) is 0 Å². The van der Waals surface area contributed by atoms with Crippen LogP contribution < -0.4 is 0 Å². The van der Waals surface area contributed by atoms with Crippen molar-refractivity contribution in [2.45, 2.75) is 33.1 Å². The van der Waals surface area contributed by atoms with E-state index >= 15 is 0 Å². The molecule has 0 unspecified atom stereocenters. The van der Waals surface area contributed by atoms with Crippen molar-refractivity contribution in [1.82, 2.24) is 4.90 Å². The Morgan fingerprint density at radius 3 is 2.35 bits per heavy atom. The maximum atomic E-state index is 11.7. The minimum atomic E-state index is -1.05. The molecule has 0 saturated carbocycles. The molecule has 1 heterocycles. The number of amides is 1. The van der Waals surface area contributed by atoms with Crippen molar-refractivity contribution >= 4 is 11.9 Å². The number of carbonyl (C=O) groups is 2. The van der Waals surface area contributed by atoms with E-state index in [4.69, 9.17) is 9.84 Å². The molecule has 17 heavy (non-hydrogen) atoms. The number of carboxylic acids is 1. The molecule has 0 aromatic rings. The zero-order chi connectivity index (χ0) is 12.9. The summed E-state index contributed by atoms with van der Waals surface area (Å²) >= 11 is 0. The predicted octanol–water partition coefficient (Wildman–Crippen LogP) is 1.13. The highest BCUT2D eigenvalue weighted by Crippen LogP contribution is 2.33. The number of carboxylic acid groups (broad SMARTS) is 1. The fourth-order valence-electron chi connectivity index (χ4n) is 1.97. The largest absolute Gasteiger partial charge is 0.480 e. The van der Waals surface area contributed by atoms with Gasteiger partial charge in [0.2, 0.25) is 5.91 Å². The summed E-state index contributed by atoms with van der Waals surface area (Å²) in [6.45, 7) is 5.38. The molecular formula is C12H21NO4. The van der Waals surface area contributed by atoms with E-state index < -0.39 is 12.6 Å². The van der Waals surface area contributed by atoms with Crippen LogP contribution in [0.15, 0.2) is 0 Å². The fourth-order valence-corrected chi connectivity index (χ4v) is 1.97. The lowest BCUT2D eigenvalue weighted by Gasteiger charge is -2.38. The van der Waals surface area contributed by atoms with E-state index in [1.54, 1.807) is 4.90 Å². The standard InChI is InChI=1S/C12H21NO4/c1-3-12(2)4-6-13(7-5-12)10(14)8-17-9-11(15)16/h3-9H2,1-2H3,(H,15,16). The van der Waals surface area contributed by atoms with Gasteiger partial charge in [-0.3, -0.25) is 4.79 Å². The summed E-state index contributed by atoms with van der Waals surface area (Å²) in [5.74, 6) is -1.15. The van der Waals surface area contributed by atoms with Crippen molar-refractivity contribution in [3.05, 3.63) is 0 Å². The second kappa shape index (κ2) is 6.00. The maximum Gasteiger partial charge on any atom is 0.329 e. The van der Waals surface area contributed by atoms with E-state index in [2.05, 4.69) is 13.8 Å². The van der Waals surface area contributed by atoms with E-state index in [1.807, 2.05) is 0 Å². The summed E-state index contributed by atoms with van der Waals surface area (Å²) in [6.07, 6.45) is 3.15. The Hall–Kier alpha value is -1.10. The lowest BCUT2D eigenvalue weighted by atomic mass is 9.78. The third-order valence-electron chi connectivity index (χ3n) is 3.63. The van der Waals surface area contributed by atoms with Crippen LogP contribution in [0.5, 0.6) is 0 Å². The Kier molecular flexibility index (Phi) is 4.93. The molecule has 0 aromatic carbocycles. The normalized spacial score (nSPS) is 19.1. The molecule has 5 heteroatoms. The molecule has 5 nitrogen and oxygen atoms in total. The minimum Gasteiger partial charge on any atom is -0.480 e. The quantitative estimate of drug-likeness (QED) is 0.786. The third-order valence-corrected chi connectivity index (χ3v) is 3.63. The lowest BCUT2D eigenvalue weighted by molar-refractivity contribution is -0.146. The minimum absolute atomic E-state index is 0.107. The van der Waals surface area contributed by atoms with Gasteiger partial charge in [0.25, 0.3) is 0 Å². The number of hydrogen-bond acceptors (Lipinski definition) is 3. The van der Waals surface area contributed by atoms with Crippen LogP contribution in [0.1, 0.15) is 33.1 Å². The number of aliphatic carboxylic acids is 1. The van der Waals surface area contributed by atoms with Gasteiger partial charge >= 0.3 is 5.97 Å². The first-order valence-corrected chi connectivity index (χ1v) is 6.04. The van der Waals surface area contributed by atoms with E-state index in [-0.39, 0.29) is 12.5 Å². The average Bonchev–Trinajstić information content (AvgIpc) is 2.29. The maximum absolute atomic E-state index is 11.7. The van der Waals surface area contributed by atoms with Crippen LogP contribution in [-0.2, 0) is 14.3 Å². The van der Waals surface area contributed by atoms with Crippen molar-refractivity contribution in [3.63, 3.8) is 0 Å². The summed E-state index contributed by atoms with van der Waals surface area (Å²) < 4.78 is 4.80. The molecule has 1 amide bonds. The van der Waals surface area contributed by atoms with Gasteiger partial charge in [-0.2, -0.15) is 0 Å². The molecule has 1 saturated heterocycles. The molecule has 0 radical (unpaired) electrons. The van der Waals surface area contributed by atoms with E-state index in [9.17, 15) is 9.59 Å². The topological polar surface area (TPSA) is 66.8 Å². The number of rotatable bonds is 5. The number of ether oxygens (including phenoxy) is 1. The van der Waals surface area contributed by atoms with Crippen LogP contribution in [-0.4, -0.2) is 48.2 Å². The van der Waals surface area contributed by atoms with Crippen LogP contribution in [0.2, 0.25) is 0 Å². The number of carbonyl (C=O) groups excluding carboxylic acids is 1. The summed E-state index contributed by atoms with van der Waals surface area (Å²) in [7, 11) is 0. The second-order valence-electron chi connectivity index (χ2n) is 4.93. The van der Waals surface area contributed by atoms with Gasteiger partial charge < -0.3 is 14.7 Å². The van der Waals surface area contributed by atoms with Crippen LogP contribution in [0.25, 0.3) is 0 Å². The molecule has 98 valence electrons. The molecule has 0 spiro atoms. The highest BCUT2D eigenvalue weighted by molar-refractivity contribution is 5.78. The van der Waals surface area contributed by atoms with Gasteiger partial charge in [-0.05, 0) is 18.3 Å². The Labute approximate surface area is 102 Å². The zero-order valence-corrected chi connectivity index (χ0v) is 10.6. The molecule has 0 aromatic heterocycles. The molecule has 0 aliphatic carbocycles. The van der Waals surface area contributed by atoms with Crippen LogP contribution in [0, 0.1) is 5.41 Å². The Morgan fingerprint density at radius 2 is 1.88 bits per heavy atom.